The topological polar surface area (TPSA) is 56.8 Å². The molecule has 7 heteroatoms. The molecule has 28 heavy (non-hydrogen) atoms. The van der Waals surface area contributed by atoms with Crippen LogP contribution in [0, 0.1) is 0 Å². The Morgan fingerprint density at radius 1 is 1.07 bits per heavy atom. The predicted molar refractivity (Wildman–Crippen MR) is 109 cm³/mol. The highest BCUT2D eigenvalue weighted by Crippen LogP contribution is 2.26. The van der Waals surface area contributed by atoms with Crippen molar-refractivity contribution in [1.82, 2.24) is 20.7 Å². The van der Waals surface area contributed by atoms with Crippen molar-refractivity contribution < 1.29 is 9.53 Å². The third-order valence-electron chi connectivity index (χ3n) is 5.52. The molecule has 2 N–H and O–H groups in total. The van der Waals surface area contributed by atoms with Crippen LogP contribution in [-0.4, -0.2) is 55.2 Å². The summed E-state index contributed by atoms with van der Waals surface area (Å²) in [6.07, 6.45) is 1.27. The first-order chi connectivity index (χ1) is 13.7. The number of nitrogens with one attached hydrogen (secondary N) is 2. The highest BCUT2D eigenvalue weighted by Gasteiger charge is 2.32. The van der Waals surface area contributed by atoms with Crippen molar-refractivity contribution in [2.75, 3.05) is 33.3 Å². The third kappa shape index (κ3) is 4.00. The van der Waals surface area contributed by atoms with E-state index in [1.165, 1.54) is 5.56 Å². The summed E-state index contributed by atoms with van der Waals surface area (Å²) in [7, 11) is 1.57. The van der Waals surface area contributed by atoms with Gasteiger partial charge in [0.05, 0.1) is 18.8 Å². The summed E-state index contributed by atoms with van der Waals surface area (Å²) in [5, 5.41) is 0.538. The second kappa shape index (κ2) is 8.49. The first-order valence-corrected chi connectivity index (χ1v) is 9.96. The Bertz CT molecular complexity index is 824. The fourth-order valence-corrected chi connectivity index (χ4v) is 4.11. The number of halogens is 1. The summed E-state index contributed by atoms with van der Waals surface area (Å²) in [4.78, 5) is 17.2. The highest BCUT2D eigenvalue weighted by molar-refractivity contribution is 6.31. The Balaban J connectivity index is 1.35. The average molecular weight is 401 g/mol. The van der Waals surface area contributed by atoms with Gasteiger partial charge in [0.15, 0.2) is 0 Å². The lowest BCUT2D eigenvalue weighted by molar-refractivity contribution is 0.0542. The number of methoxy groups -OCH3 is 1. The molecule has 0 radical (unpaired) electrons. The normalized spacial score (nSPS) is 23.0. The molecular weight excluding hydrogens is 376 g/mol. The van der Waals surface area contributed by atoms with Gasteiger partial charge in [0.25, 0.3) is 5.91 Å². The van der Waals surface area contributed by atoms with Gasteiger partial charge in [-0.25, -0.2) is 10.9 Å². The minimum absolute atomic E-state index is 0.0290. The maximum Gasteiger partial charge on any atom is 0.257 e. The van der Waals surface area contributed by atoms with Gasteiger partial charge in [0.2, 0.25) is 0 Å². The van der Waals surface area contributed by atoms with Gasteiger partial charge >= 0.3 is 0 Å². The average Bonchev–Trinajstić information content (AvgIpc) is 3.24. The molecule has 2 fully saturated rings. The van der Waals surface area contributed by atoms with E-state index < -0.39 is 0 Å². The van der Waals surface area contributed by atoms with Crippen molar-refractivity contribution in [3.05, 3.63) is 64.7 Å². The van der Waals surface area contributed by atoms with Crippen molar-refractivity contribution in [3.8, 4) is 5.75 Å². The highest BCUT2D eigenvalue weighted by atomic mass is 35.5. The lowest BCUT2D eigenvalue weighted by atomic mass is 10.0. The van der Waals surface area contributed by atoms with E-state index in [-0.39, 0.29) is 12.1 Å². The Morgan fingerprint density at radius 3 is 2.54 bits per heavy atom. The van der Waals surface area contributed by atoms with Crippen molar-refractivity contribution in [3.63, 3.8) is 0 Å². The number of ether oxygens (including phenoxy) is 1. The van der Waals surface area contributed by atoms with Crippen LogP contribution in [0.25, 0.3) is 0 Å². The second-order valence-corrected chi connectivity index (χ2v) is 7.61. The summed E-state index contributed by atoms with van der Waals surface area (Å²) in [5.74, 6) is 0.530. The monoisotopic (exact) mass is 400 g/mol. The Labute approximate surface area is 170 Å². The predicted octanol–water partition coefficient (Wildman–Crippen LogP) is 2.67. The number of benzene rings is 2. The minimum atomic E-state index is -0.0290. The lowest BCUT2D eigenvalue weighted by Gasteiger charge is -2.37. The van der Waals surface area contributed by atoms with Gasteiger partial charge < -0.3 is 9.64 Å². The molecule has 2 unspecified atom stereocenters. The molecule has 2 atom stereocenters. The van der Waals surface area contributed by atoms with Crippen molar-refractivity contribution in [1.29, 1.82) is 0 Å². The van der Waals surface area contributed by atoms with Crippen molar-refractivity contribution in [2.45, 2.75) is 18.6 Å². The van der Waals surface area contributed by atoms with E-state index in [1.54, 1.807) is 25.3 Å². The van der Waals surface area contributed by atoms with Crippen molar-refractivity contribution >= 4 is 17.5 Å². The molecule has 2 heterocycles. The van der Waals surface area contributed by atoms with Crippen LogP contribution in [-0.2, 0) is 0 Å². The van der Waals surface area contributed by atoms with E-state index >= 15 is 0 Å². The quantitative estimate of drug-likeness (QED) is 0.826. The molecule has 1 amide bonds. The molecule has 0 aliphatic carbocycles. The standard InChI is InChI=1S/C21H25ClN4O2/c1-28-19-8-7-16(22)13-17(19)21(27)26-11-9-25(10-12-26)20-14-18(23-24-20)15-5-3-2-4-6-15/h2-8,13,18,20,23-24H,9-12,14H2,1H3. The minimum Gasteiger partial charge on any atom is -0.496 e. The number of rotatable bonds is 4. The molecule has 2 aliphatic heterocycles. The molecule has 2 aromatic rings. The Morgan fingerprint density at radius 2 is 1.82 bits per heavy atom. The van der Waals surface area contributed by atoms with E-state index in [1.807, 2.05) is 11.0 Å². The van der Waals surface area contributed by atoms with E-state index in [2.05, 4.69) is 40.0 Å². The number of carbonyl (C=O) groups is 1. The van der Waals surface area contributed by atoms with Crippen LogP contribution in [0.4, 0.5) is 0 Å². The van der Waals surface area contributed by atoms with Crippen LogP contribution >= 0.6 is 11.6 Å². The Kier molecular flexibility index (Phi) is 5.82. The van der Waals surface area contributed by atoms with Crippen LogP contribution < -0.4 is 15.6 Å². The van der Waals surface area contributed by atoms with Crippen LogP contribution in [0.1, 0.15) is 28.4 Å². The first kappa shape index (κ1) is 19.2. The number of hydrogen-bond acceptors (Lipinski definition) is 5. The summed E-state index contributed by atoms with van der Waals surface area (Å²) < 4.78 is 5.33. The lowest BCUT2D eigenvalue weighted by Crippen LogP contribution is -2.55. The van der Waals surface area contributed by atoms with E-state index in [4.69, 9.17) is 16.3 Å². The van der Waals surface area contributed by atoms with E-state index in [0.29, 0.717) is 35.5 Å². The van der Waals surface area contributed by atoms with Crippen molar-refractivity contribution in [2.24, 2.45) is 0 Å². The number of nitrogens with zero attached hydrogens (tertiary/aromatic N) is 2. The zero-order valence-corrected chi connectivity index (χ0v) is 16.7. The fourth-order valence-electron chi connectivity index (χ4n) is 3.94. The number of hydrazine groups is 1. The molecule has 0 saturated carbocycles. The molecule has 0 bridgehead atoms. The zero-order valence-electron chi connectivity index (χ0n) is 15.9. The molecule has 2 aliphatic rings. The van der Waals surface area contributed by atoms with Crippen LogP contribution in [0.15, 0.2) is 48.5 Å². The maximum absolute atomic E-state index is 12.9. The molecule has 2 saturated heterocycles. The first-order valence-electron chi connectivity index (χ1n) is 9.58. The smallest absolute Gasteiger partial charge is 0.257 e. The summed E-state index contributed by atoms with van der Waals surface area (Å²) in [6.45, 7) is 3.02. The molecule has 148 valence electrons. The number of hydrogen-bond donors (Lipinski definition) is 2. The third-order valence-corrected chi connectivity index (χ3v) is 5.75. The summed E-state index contributed by atoms with van der Waals surface area (Å²) in [5.41, 5.74) is 8.62. The van der Waals surface area contributed by atoms with Crippen LogP contribution in [0.2, 0.25) is 5.02 Å². The van der Waals surface area contributed by atoms with Gasteiger partial charge in [-0.3, -0.25) is 9.69 Å². The van der Waals surface area contributed by atoms with Crippen LogP contribution in [0.5, 0.6) is 5.75 Å². The SMILES string of the molecule is COc1ccc(Cl)cc1C(=O)N1CCN(C2CC(c3ccccc3)NN2)CC1. The molecule has 4 rings (SSSR count). The maximum atomic E-state index is 12.9. The summed E-state index contributed by atoms with van der Waals surface area (Å²) in [6, 6.07) is 15.9. The van der Waals surface area contributed by atoms with Gasteiger partial charge in [0.1, 0.15) is 5.75 Å². The molecule has 6 nitrogen and oxygen atoms in total. The van der Waals surface area contributed by atoms with Gasteiger partial charge in [0, 0.05) is 37.2 Å². The molecule has 0 spiro atoms. The number of amides is 1. The summed E-state index contributed by atoms with van der Waals surface area (Å²) >= 11 is 6.08. The number of carbonyl (C=O) groups excluding carboxylic acids is 1. The molecular formula is C21H25ClN4O2. The van der Waals surface area contributed by atoms with Gasteiger partial charge in [-0.05, 0) is 30.2 Å². The fraction of sp³-hybridized carbons (Fsp3) is 0.381. The Hall–Kier alpha value is -2.12. The van der Waals surface area contributed by atoms with E-state index in [9.17, 15) is 4.79 Å². The number of piperazine rings is 1. The largest absolute Gasteiger partial charge is 0.496 e. The van der Waals surface area contributed by atoms with Gasteiger partial charge in [-0.15, -0.1) is 0 Å². The zero-order chi connectivity index (χ0) is 19.5. The molecule has 2 aromatic carbocycles. The van der Waals surface area contributed by atoms with Crippen LogP contribution in [0.3, 0.4) is 0 Å². The molecule has 0 aromatic heterocycles. The van der Waals surface area contributed by atoms with Gasteiger partial charge in [-0.1, -0.05) is 41.9 Å². The van der Waals surface area contributed by atoms with Gasteiger partial charge in [-0.2, -0.15) is 0 Å². The van der Waals surface area contributed by atoms with E-state index in [0.717, 1.165) is 19.5 Å². The second-order valence-electron chi connectivity index (χ2n) is 7.18.